The van der Waals surface area contributed by atoms with Gasteiger partial charge in [-0.15, -0.1) is 0 Å². The molecule has 0 saturated carbocycles. The maximum atomic E-state index is 13.0. The first-order valence-electron chi connectivity index (χ1n) is 9.36. The van der Waals surface area contributed by atoms with E-state index in [2.05, 4.69) is 9.97 Å². The lowest BCUT2D eigenvalue weighted by molar-refractivity contribution is -0.134. The lowest BCUT2D eigenvalue weighted by atomic mass is 10.1. The van der Waals surface area contributed by atoms with Crippen LogP contribution in [0.15, 0.2) is 39.8 Å². The largest absolute Gasteiger partial charge is 0.484 e. The molecule has 0 bridgehead atoms. The highest BCUT2D eigenvalue weighted by molar-refractivity contribution is 6.30. The summed E-state index contributed by atoms with van der Waals surface area (Å²) in [4.78, 5) is 47.3. The predicted octanol–water partition coefficient (Wildman–Crippen LogP) is 1.84. The zero-order valence-corrected chi connectivity index (χ0v) is 16.9. The Labute approximate surface area is 176 Å². The van der Waals surface area contributed by atoms with E-state index in [1.165, 1.54) is 6.33 Å². The SMILES string of the molecule is Cc1oc2nc[nH]c(=O)c2c1C(=O)N1CCN(C(=O)COc2ccc(Cl)cc2)CC1. The molecule has 156 valence electrons. The molecule has 1 aliphatic heterocycles. The zero-order chi connectivity index (χ0) is 21.3. The maximum absolute atomic E-state index is 13.0. The molecule has 2 amide bonds. The number of ether oxygens (including phenoxy) is 1. The Morgan fingerprint density at radius 3 is 2.53 bits per heavy atom. The minimum Gasteiger partial charge on any atom is -0.484 e. The fraction of sp³-hybridized carbons (Fsp3) is 0.300. The monoisotopic (exact) mass is 430 g/mol. The normalized spacial score (nSPS) is 14.2. The molecule has 1 aliphatic rings. The number of fused-ring (bicyclic) bond motifs is 1. The lowest BCUT2D eigenvalue weighted by Crippen LogP contribution is -2.51. The molecule has 0 atom stereocenters. The van der Waals surface area contributed by atoms with E-state index in [0.29, 0.717) is 42.7 Å². The first-order chi connectivity index (χ1) is 14.4. The van der Waals surface area contributed by atoms with E-state index in [1.54, 1.807) is 41.0 Å². The van der Waals surface area contributed by atoms with Crippen molar-refractivity contribution in [1.29, 1.82) is 0 Å². The highest BCUT2D eigenvalue weighted by Gasteiger charge is 2.29. The van der Waals surface area contributed by atoms with Gasteiger partial charge in [0, 0.05) is 31.2 Å². The van der Waals surface area contributed by atoms with Gasteiger partial charge in [-0.05, 0) is 31.2 Å². The van der Waals surface area contributed by atoms with Crippen molar-refractivity contribution in [1.82, 2.24) is 19.8 Å². The van der Waals surface area contributed by atoms with Gasteiger partial charge in [0.05, 0.1) is 11.9 Å². The van der Waals surface area contributed by atoms with Crippen molar-refractivity contribution < 1.29 is 18.7 Å². The topological polar surface area (TPSA) is 109 Å². The van der Waals surface area contributed by atoms with Gasteiger partial charge in [0.1, 0.15) is 16.9 Å². The molecule has 0 aliphatic carbocycles. The van der Waals surface area contributed by atoms with Crippen LogP contribution in [0, 0.1) is 6.92 Å². The molecular formula is C20H19ClN4O5. The van der Waals surface area contributed by atoms with Crippen molar-refractivity contribution in [3.8, 4) is 5.75 Å². The minimum atomic E-state index is -0.423. The van der Waals surface area contributed by atoms with E-state index >= 15 is 0 Å². The third-order valence-corrected chi connectivity index (χ3v) is 5.23. The second-order valence-corrected chi connectivity index (χ2v) is 7.30. The summed E-state index contributed by atoms with van der Waals surface area (Å²) in [6.07, 6.45) is 1.23. The Hall–Kier alpha value is -3.33. The van der Waals surface area contributed by atoms with Gasteiger partial charge in [0.25, 0.3) is 17.4 Å². The average Bonchev–Trinajstić information content (AvgIpc) is 3.10. The molecule has 0 radical (unpaired) electrons. The molecule has 1 saturated heterocycles. The van der Waals surface area contributed by atoms with E-state index in [-0.39, 0.29) is 35.1 Å². The highest BCUT2D eigenvalue weighted by Crippen LogP contribution is 2.23. The number of amides is 2. The summed E-state index contributed by atoms with van der Waals surface area (Å²) in [6.45, 7) is 2.96. The fourth-order valence-corrected chi connectivity index (χ4v) is 3.52. The van der Waals surface area contributed by atoms with Gasteiger partial charge in [-0.2, -0.15) is 0 Å². The number of hydrogen-bond donors (Lipinski definition) is 1. The van der Waals surface area contributed by atoms with Crippen LogP contribution in [0.1, 0.15) is 16.1 Å². The molecule has 3 aromatic rings. The molecule has 2 aromatic heterocycles. The van der Waals surface area contributed by atoms with Crippen LogP contribution in [0.3, 0.4) is 0 Å². The maximum Gasteiger partial charge on any atom is 0.262 e. The molecule has 1 aromatic carbocycles. The van der Waals surface area contributed by atoms with Gasteiger partial charge in [0.15, 0.2) is 6.61 Å². The van der Waals surface area contributed by atoms with Crippen molar-refractivity contribution in [2.24, 2.45) is 0 Å². The molecule has 0 unspecified atom stereocenters. The van der Waals surface area contributed by atoms with Gasteiger partial charge >= 0.3 is 0 Å². The van der Waals surface area contributed by atoms with Crippen LogP contribution in [0.4, 0.5) is 0 Å². The number of hydrogen-bond acceptors (Lipinski definition) is 6. The van der Waals surface area contributed by atoms with Crippen LogP contribution < -0.4 is 10.3 Å². The molecule has 10 heteroatoms. The van der Waals surface area contributed by atoms with Gasteiger partial charge < -0.3 is 23.9 Å². The summed E-state index contributed by atoms with van der Waals surface area (Å²) in [7, 11) is 0. The molecule has 3 heterocycles. The number of carbonyl (C=O) groups is 2. The Bertz CT molecular complexity index is 1150. The summed E-state index contributed by atoms with van der Waals surface area (Å²) < 4.78 is 11.0. The number of benzene rings is 1. The molecule has 30 heavy (non-hydrogen) atoms. The summed E-state index contributed by atoms with van der Waals surface area (Å²) in [6, 6.07) is 6.77. The summed E-state index contributed by atoms with van der Waals surface area (Å²) in [5, 5.41) is 0.739. The molecule has 1 fully saturated rings. The first kappa shape index (κ1) is 20.0. The summed E-state index contributed by atoms with van der Waals surface area (Å²) in [5.41, 5.74) is -0.0775. The quantitative estimate of drug-likeness (QED) is 0.676. The number of nitrogens with zero attached hydrogens (tertiary/aromatic N) is 3. The van der Waals surface area contributed by atoms with E-state index in [0.717, 1.165) is 0 Å². The van der Waals surface area contributed by atoms with Crippen LogP contribution >= 0.6 is 11.6 Å². The van der Waals surface area contributed by atoms with Gasteiger partial charge in [-0.3, -0.25) is 14.4 Å². The number of rotatable bonds is 4. The van der Waals surface area contributed by atoms with Crippen LogP contribution in [-0.4, -0.2) is 64.4 Å². The average molecular weight is 431 g/mol. The van der Waals surface area contributed by atoms with Crippen LogP contribution in [0.2, 0.25) is 5.02 Å². The molecule has 1 N–H and O–H groups in total. The number of aryl methyl sites for hydroxylation is 1. The van der Waals surface area contributed by atoms with Crippen LogP contribution in [0.25, 0.3) is 11.1 Å². The third kappa shape index (κ3) is 3.88. The number of nitrogens with one attached hydrogen (secondary N) is 1. The summed E-state index contributed by atoms with van der Waals surface area (Å²) >= 11 is 5.83. The Balaban J connectivity index is 1.38. The third-order valence-electron chi connectivity index (χ3n) is 4.98. The van der Waals surface area contributed by atoms with Crippen molar-refractivity contribution in [2.45, 2.75) is 6.92 Å². The fourth-order valence-electron chi connectivity index (χ4n) is 3.40. The number of aromatic nitrogens is 2. The number of piperazine rings is 1. The van der Waals surface area contributed by atoms with E-state index in [1.807, 2.05) is 0 Å². The number of carbonyl (C=O) groups excluding carboxylic acids is 2. The van der Waals surface area contributed by atoms with Gasteiger partial charge in [0.2, 0.25) is 5.71 Å². The Kier molecular flexibility index (Phi) is 5.45. The van der Waals surface area contributed by atoms with Crippen molar-refractivity contribution in [3.63, 3.8) is 0 Å². The minimum absolute atomic E-state index is 0.0951. The van der Waals surface area contributed by atoms with Crippen molar-refractivity contribution >= 4 is 34.5 Å². The highest BCUT2D eigenvalue weighted by atomic mass is 35.5. The predicted molar refractivity (Wildman–Crippen MR) is 109 cm³/mol. The molecule has 0 spiro atoms. The molecular weight excluding hydrogens is 412 g/mol. The van der Waals surface area contributed by atoms with Gasteiger partial charge in [-0.1, -0.05) is 11.6 Å². The van der Waals surface area contributed by atoms with Crippen molar-refractivity contribution in [3.05, 3.63) is 57.3 Å². The van der Waals surface area contributed by atoms with Crippen molar-refractivity contribution in [2.75, 3.05) is 32.8 Å². The lowest BCUT2D eigenvalue weighted by Gasteiger charge is -2.34. The van der Waals surface area contributed by atoms with Crippen LogP contribution in [-0.2, 0) is 4.79 Å². The van der Waals surface area contributed by atoms with E-state index in [4.69, 9.17) is 20.8 Å². The van der Waals surface area contributed by atoms with E-state index < -0.39 is 5.56 Å². The van der Waals surface area contributed by atoms with Gasteiger partial charge in [-0.25, -0.2) is 4.98 Å². The second-order valence-electron chi connectivity index (χ2n) is 6.86. The first-order valence-corrected chi connectivity index (χ1v) is 9.74. The standard InChI is InChI=1S/C20H19ClN4O5/c1-12-16(17-18(27)22-11-23-19(17)30-12)20(28)25-8-6-24(7-9-25)15(26)10-29-14-4-2-13(21)3-5-14/h2-5,11H,6-10H2,1H3,(H,22,23,27). The Morgan fingerprint density at radius 2 is 1.83 bits per heavy atom. The molecule has 4 rings (SSSR count). The Morgan fingerprint density at radius 1 is 1.17 bits per heavy atom. The number of halogens is 1. The van der Waals surface area contributed by atoms with Crippen LogP contribution in [0.5, 0.6) is 5.75 Å². The zero-order valence-electron chi connectivity index (χ0n) is 16.2. The van der Waals surface area contributed by atoms with E-state index in [9.17, 15) is 14.4 Å². The number of H-pyrrole nitrogens is 1. The number of furan rings is 1. The number of aromatic amines is 1. The molecule has 9 nitrogen and oxygen atoms in total. The smallest absolute Gasteiger partial charge is 0.262 e. The summed E-state index contributed by atoms with van der Waals surface area (Å²) in [5.74, 6) is 0.425. The second kappa shape index (κ2) is 8.19.